The summed E-state index contributed by atoms with van der Waals surface area (Å²) in [6, 6.07) is 15.8. The van der Waals surface area contributed by atoms with Crippen molar-refractivity contribution in [2.45, 2.75) is 13.2 Å². The van der Waals surface area contributed by atoms with Gasteiger partial charge in [-0.2, -0.15) is 5.26 Å². The van der Waals surface area contributed by atoms with Crippen LogP contribution in [-0.4, -0.2) is 0 Å². The van der Waals surface area contributed by atoms with Crippen LogP contribution < -0.4 is 5.32 Å². The summed E-state index contributed by atoms with van der Waals surface area (Å²) in [5.74, 6) is 0. The lowest BCUT2D eigenvalue weighted by Crippen LogP contribution is -1.92. The quantitative estimate of drug-likeness (QED) is 0.869. The Morgan fingerprint density at radius 3 is 2.44 bits per heavy atom. The molecule has 1 aliphatic rings. The monoisotopic (exact) mass is 236 g/mol. The first-order valence-corrected chi connectivity index (χ1v) is 5.82. The molecule has 0 fully saturated rings. The fourth-order valence-corrected chi connectivity index (χ4v) is 2.04. The van der Waals surface area contributed by atoms with Gasteiger partial charge in [0.1, 0.15) is 0 Å². The van der Waals surface area contributed by atoms with Crippen molar-refractivity contribution in [1.29, 1.82) is 5.26 Å². The van der Waals surface area contributed by atoms with E-state index in [1.54, 1.807) is 12.1 Å². The van der Waals surface area contributed by atoms with Crippen LogP contribution in [0.4, 0.5) is 11.4 Å². The van der Waals surface area contributed by atoms with Crippen molar-refractivity contribution in [3.05, 3.63) is 59.2 Å². The largest absolute Gasteiger partial charge is 0.372 e. The fourth-order valence-electron chi connectivity index (χ4n) is 2.04. The molecule has 3 heteroatoms. The second kappa shape index (κ2) is 4.52. The molecular formula is C15H12N2O. The minimum Gasteiger partial charge on any atom is -0.372 e. The summed E-state index contributed by atoms with van der Waals surface area (Å²) in [7, 11) is 0. The second-order valence-corrected chi connectivity index (χ2v) is 4.29. The molecule has 2 aromatic carbocycles. The Kier molecular flexibility index (Phi) is 2.71. The van der Waals surface area contributed by atoms with Crippen LogP contribution in [0.5, 0.6) is 0 Å². The van der Waals surface area contributed by atoms with E-state index in [9.17, 15) is 0 Å². The van der Waals surface area contributed by atoms with Crippen LogP contribution in [0.2, 0.25) is 0 Å². The number of nitriles is 1. The highest BCUT2D eigenvalue weighted by Gasteiger charge is 2.10. The van der Waals surface area contributed by atoms with Gasteiger partial charge in [-0.3, -0.25) is 0 Å². The van der Waals surface area contributed by atoms with Crippen LogP contribution in [0.15, 0.2) is 42.5 Å². The maximum atomic E-state index is 8.74. The van der Waals surface area contributed by atoms with Gasteiger partial charge in [0.15, 0.2) is 0 Å². The minimum atomic E-state index is 0.669. The molecule has 2 aromatic rings. The number of anilines is 2. The maximum absolute atomic E-state index is 8.74. The number of ether oxygens (including phenoxy) is 1. The van der Waals surface area contributed by atoms with Gasteiger partial charge in [-0.1, -0.05) is 6.07 Å². The third-order valence-electron chi connectivity index (χ3n) is 3.02. The van der Waals surface area contributed by atoms with Crippen molar-refractivity contribution in [3.63, 3.8) is 0 Å². The summed E-state index contributed by atoms with van der Waals surface area (Å²) in [6.45, 7) is 1.41. The molecule has 18 heavy (non-hydrogen) atoms. The number of nitrogens with zero attached hydrogens (tertiary/aromatic N) is 1. The molecule has 3 rings (SSSR count). The van der Waals surface area contributed by atoms with Crippen molar-refractivity contribution in [2.75, 3.05) is 5.32 Å². The summed E-state index contributed by atoms with van der Waals surface area (Å²) < 4.78 is 5.39. The molecule has 1 N–H and O–H groups in total. The normalized spacial score (nSPS) is 12.8. The van der Waals surface area contributed by atoms with Gasteiger partial charge in [-0.05, 0) is 47.5 Å². The van der Waals surface area contributed by atoms with E-state index in [4.69, 9.17) is 10.00 Å². The Bertz CT molecular complexity index is 611. The van der Waals surface area contributed by atoms with Crippen LogP contribution in [0.1, 0.15) is 16.7 Å². The molecule has 0 aromatic heterocycles. The van der Waals surface area contributed by atoms with Crippen LogP contribution in [0, 0.1) is 11.3 Å². The summed E-state index contributed by atoms with van der Waals surface area (Å²) in [4.78, 5) is 0. The van der Waals surface area contributed by atoms with Gasteiger partial charge < -0.3 is 10.1 Å². The SMILES string of the molecule is N#Cc1ccc(Nc2ccc3c(c2)COC3)cc1. The number of benzene rings is 2. The van der Waals surface area contributed by atoms with Crippen molar-refractivity contribution in [3.8, 4) is 6.07 Å². The number of fused-ring (bicyclic) bond motifs is 1. The predicted octanol–water partition coefficient (Wildman–Crippen LogP) is 3.33. The Labute approximate surface area is 106 Å². The first kappa shape index (κ1) is 10.8. The molecule has 0 spiro atoms. The van der Waals surface area contributed by atoms with Crippen LogP contribution in [0.25, 0.3) is 0 Å². The third kappa shape index (κ3) is 2.06. The Balaban J connectivity index is 1.81. The molecule has 0 aliphatic carbocycles. The molecule has 1 aliphatic heterocycles. The highest BCUT2D eigenvalue weighted by atomic mass is 16.5. The average Bonchev–Trinajstić information content (AvgIpc) is 2.87. The highest BCUT2D eigenvalue weighted by Crippen LogP contribution is 2.25. The minimum absolute atomic E-state index is 0.669. The van der Waals surface area contributed by atoms with Crippen LogP contribution >= 0.6 is 0 Å². The van der Waals surface area contributed by atoms with Crippen molar-refractivity contribution in [2.24, 2.45) is 0 Å². The summed E-state index contributed by atoms with van der Waals surface area (Å²) in [5, 5.41) is 12.1. The molecule has 88 valence electrons. The molecule has 0 amide bonds. The number of hydrogen-bond acceptors (Lipinski definition) is 3. The Hall–Kier alpha value is -2.31. The van der Waals surface area contributed by atoms with E-state index in [0.29, 0.717) is 18.8 Å². The lowest BCUT2D eigenvalue weighted by molar-refractivity contribution is 0.134. The predicted molar refractivity (Wildman–Crippen MR) is 69.4 cm³/mol. The lowest BCUT2D eigenvalue weighted by Gasteiger charge is -2.07. The zero-order valence-corrected chi connectivity index (χ0v) is 9.81. The fraction of sp³-hybridized carbons (Fsp3) is 0.133. The van der Waals surface area contributed by atoms with Crippen molar-refractivity contribution in [1.82, 2.24) is 0 Å². The molecule has 0 unspecified atom stereocenters. The van der Waals surface area contributed by atoms with Gasteiger partial charge in [0, 0.05) is 11.4 Å². The first-order valence-electron chi connectivity index (χ1n) is 5.82. The smallest absolute Gasteiger partial charge is 0.0991 e. The van der Waals surface area contributed by atoms with Crippen molar-refractivity contribution < 1.29 is 4.74 Å². The number of rotatable bonds is 2. The van der Waals surface area contributed by atoms with Gasteiger partial charge in [-0.15, -0.1) is 0 Å². The van der Waals surface area contributed by atoms with E-state index >= 15 is 0 Å². The second-order valence-electron chi connectivity index (χ2n) is 4.29. The van der Waals surface area contributed by atoms with Gasteiger partial charge >= 0.3 is 0 Å². The molecule has 0 radical (unpaired) electrons. The highest BCUT2D eigenvalue weighted by molar-refractivity contribution is 5.62. The molecule has 0 bridgehead atoms. The maximum Gasteiger partial charge on any atom is 0.0991 e. The standard InChI is InChI=1S/C15H12N2O/c16-8-11-1-4-14(5-2-11)17-15-6-3-12-9-18-10-13(12)7-15/h1-7,17H,9-10H2. The molecular weight excluding hydrogens is 224 g/mol. The van der Waals surface area contributed by atoms with E-state index in [1.807, 2.05) is 18.2 Å². The van der Waals surface area contributed by atoms with Gasteiger partial charge in [0.05, 0.1) is 24.8 Å². The summed E-state index contributed by atoms with van der Waals surface area (Å²) >= 11 is 0. The van der Waals surface area contributed by atoms with E-state index in [1.165, 1.54) is 11.1 Å². The molecule has 0 atom stereocenters. The van der Waals surface area contributed by atoms with E-state index in [-0.39, 0.29) is 0 Å². The Morgan fingerprint density at radius 1 is 0.944 bits per heavy atom. The first-order chi connectivity index (χ1) is 8.85. The zero-order chi connectivity index (χ0) is 12.4. The molecule has 0 saturated heterocycles. The average molecular weight is 236 g/mol. The lowest BCUT2D eigenvalue weighted by atomic mass is 10.1. The van der Waals surface area contributed by atoms with Gasteiger partial charge in [0.2, 0.25) is 0 Å². The van der Waals surface area contributed by atoms with Crippen LogP contribution in [-0.2, 0) is 18.0 Å². The molecule has 0 saturated carbocycles. The number of hydrogen-bond donors (Lipinski definition) is 1. The Morgan fingerprint density at radius 2 is 1.67 bits per heavy atom. The summed E-state index contributed by atoms with van der Waals surface area (Å²) in [5.41, 5.74) is 5.20. The molecule has 3 nitrogen and oxygen atoms in total. The third-order valence-corrected chi connectivity index (χ3v) is 3.02. The molecule has 1 heterocycles. The van der Waals surface area contributed by atoms with E-state index in [2.05, 4.69) is 23.5 Å². The topological polar surface area (TPSA) is 45.0 Å². The summed E-state index contributed by atoms with van der Waals surface area (Å²) in [6.07, 6.45) is 0. The van der Waals surface area contributed by atoms with Gasteiger partial charge in [-0.25, -0.2) is 0 Å². The number of nitrogens with one attached hydrogen (secondary N) is 1. The van der Waals surface area contributed by atoms with Crippen molar-refractivity contribution >= 4 is 11.4 Å². The van der Waals surface area contributed by atoms with E-state index in [0.717, 1.165) is 11.4 Å². The van der Waals surface area contributed by atoms with Crippen LogP contribution in [0.3, 0.4) is 0 Å². The van der Waals surface area contributed by atoms with E-state index < -0.39 is 0 Å². The van der Waals surface area contributed by atoms with Gasteiger partial charge in [0.25, 0.3) is 0 Å². The zero-order valence-electron chi connectivity index (χ0n) is 9.81.